The summed E-state index contributed by atoms with van der Waals surface area (Å²) in [6.45, 7) is 3.01. The lowest BCUT2D eigenvalue weighted by Crippen LogP contribution is -2.07. The summed E-state index contributed by atoms with van der Waals surface area (Å²) in [6.07, 6.45) is 1.44. The van der Waals surface area contributed by atoms with Crippen LogP contribution in [0.1, 0.15) is 24.2 Å². The smallest absolute Gasteiger partial charge is 0.194 e. The van der Waals surface area contributed by atoms with Gasteiger partial charge in [0.2, 0.25) is 0 Å². The van der Waals surface area contributed by atoms with E-state index in [4.69, 9.17) is 0 Å². The van der Waals surface area contributed by atoms with Gasteiger partial charge >= 0.3 is 0 Å². The minimum Gasteiger partial charge on any atom is -0.289 e. The Balaban J connectivity index is 3.32. The second kappa shape index (κ2) is 4.29. The molecule has 1 nitrogen and oxygen atoms in total. The molecule has 0 spiro atoms. The van der Waals surface area contributed by atoms with Gasteiger partial charge in [0.25, 0.3) is 0 Å². The number of benzene rings is 1. The second-order valence-electron chi connectivity index (χ2n) is 3.05. The van der Waals surface area contributed by atoms with Crippen LogP contribution in [0.5, 0.6) is 0 Å². The minimum atomic E-state index is -1.18. The van der Waals surface area contributed by atoms with Gasteiger partial charge in [0, 0.05) is 12.1 Å². The molecule has 0 amide bonds. The van der Waals surface area contributed by atoms with Gasteiger partial charge < -0.3 is 0 Å². The Morgan fingerprint density at radius 3 is 2.07 bits per heavy atom. The molecule has 1 rings (SSSR count). The van der Waals surface area contributed by atoms with Crippen molar-refractivity contribution in [2.24, 2.45) is 0 Å². The lowest BCUT2D eigenvalue weighted by molar-refractivity contribution is 0.102. The molecule has 15 heavy (non-hydrogen) atoms. The summed E-state index contributed by atoms with van der Waals surface area (Å²) in [5.74, 6) is -4.18. The Morgan fingerprint density at radius 1 is 1.20 bits per heavy atom. The van der Waals surface area contributed by atoms with Crippen LogP contribution in [0.2, 0.25) is 0 Å². The zero-order valence-corrected chi connectivity index (χ0v) is 8.27. The molecule has 0 bridgehead atoms. The quantitative estimate of drug-likeness (QED) is 0.545. The van der Waals surface area contributed by atoms with Crippen molar-refractivity contribution in [2.75, 3.05) is 0 Å². The molecule has 0 saturated carbocycles. The highest BCUT2D eigenvalue weighted by Crippen LogP contribution is 2.18. The predicted octanol–water partition coefficient (Wildman–Crippen LogP) is 3.25. The molecule has 80 valence electrons. The van der Waals surface area contributed by atoms with Crippen LogP contribution in [0.3, 0.4) is 0 Å². The van der Waals surface area contributed by atoms with Crippen LogP contribution in [0.25, 0.3) is 0 Å². The molecule has 0 radical (unpaired) electrons. The molecular weight excluding hydrogens is 205 g/mol. The maximum Gasteiger partial charge on any atom is 0.194 e. The van der Waals surface area contributed by atoms with Gasteiger partial charge in [-0.3, -0.25) is 4.79 Å². The summed E-state index contributed by atoms with van der Waals surface area (Å²) in [6, 6.07) is 0.971. The third kappa shape index (κ3) is 2.26. The van der Waals surface area contributed by atoms with E-state index >= 15 is 0 Å². The van der Waals surface area contributed by atoms with Crippen LogP contribution in [-0.2, 0) is 0 Å². The highest BCUT2D eigenvalue weighted by molar-refractivity contribution is 6.08. The van der Waals surface area contributed by atoms with E-state index in [0.717, 1.165) is 0 Å². The molecule has 0 aliphatic rings. The van der Waals surface area contributed by atoms with Crippen LogP contribution in [0.4, 0.5) is 13.2 Å². The van der Waals surface area contributed by atoms with E-state index in [9.17, 15) is 18.0 Å². The van der Waals surface area contributed by atoms with Crippen molar-refractivity contribution in [3.8, 4) is 0 Å². The molecule has 0 unspecified atom stereocenters. The first-order valence-corrected chi connectivity index (χ1v) is 4.29. The van der Waals surface area contributed by atoms with E-state index in [1.807, 2.05) is 0 Å². The summed E-state index contributed by atoms with van der Waals surface area (Å²) >= 11 is 0. The Morgan fingerprint density at radius 2 is 1.67 bits per heavy atom. The topological polar surface area (TPSA) is 17.1 Å². The summed E-state index contributed by atoms with van der Waals surface area (Å²) in [5.41, 5.74) is -0.508. The largest absolute Gasteiger partial charge is 0.289 e. The average molecular weight is 214 g/mol. The minimum absolute atomic E-state index is 0.208. The van der Waals surface area contributed by atoms with Gasteiger partial charge in [-0.25, -0.2) is 13.2 Å². The van der Waals surface area contributed by atoms with Gasteiger partial charge in [-0.15, -0.1) is 0 Å². The van der Waals surface area contributed by atoms with Gasteiger partial charge in [-0.2, -0.15) is 0 Å². The molecule has 4 heteroatoms. The fourth-order valence-electron chi connectivity index (χ4n) is 1.09. The first-order valence-electron chi connectivity index (χ1n) is 4.29. The molecular formula is C11H9F3O. The Labute approximate surface area is 85.2 Å². The van der Waals surface area contributed by atoms with Crippen LogP contribution in [0.15, 0.2) is 23.8 Å². The summed E-state index contributed by atoms with van der Waals surface area (Å²) < 4.78 is 38.8. The van der Waals surface area contributed by atoms with Crippen molar-refractivity contribution < 1.29 is 18.0 Å². The number of rotatable bonds is 2. The number of carbonyl (C=O) groups is 1. The van der Waals surface area contributed by atoms with Gasteiger partial charge in [0.1, 0.15) is 17.5 Å². The van der Waals surface area contributed by atoms with Crippen LogP contribution >= 0.6 is 0 Å². The van der Waals surface area contributed by atoms with Crippen molar-refractivity contribution in [3.05, 3.63) is 46.8 Å². The lowest BCUT2D eigenvalue weighted by Gasteiger charge is -2.04. The zero-order chi connectivity index (χ0) is 11.6. The zero-order valence-electron chi connectivity index (χ0n) is 8.27. The molecule has 0 fully saturated rings. The molecule has 1 aromatic rings. The van der Waals surface area contributed by atoms with Gasteiger partial charge in [-0.05, 0) is 19.4 Å². The normalized spacial score (nSPS) is 11.7. The first kappa shape index (κ1) is 11.5. The lowest BCUT2D eigenvalue weighted by atomic mass is 10.0. The molecule has 0 atom stereocenters. The highest BCUT2D eigenvalue weighted by Gasteiger charge is 2.19. The van der Waals surface area contributed by atoms with Crippen molar-refractivity contribution in [3.63, 3.8) is 0 Å². The van der Waals surface area contributed by atoms with Gasteiger partial charge in [0.15, 0.2) is 5.78 Å². The van der Waals surface area contributed by atoms with Crippen LogP contribution in [0, 0.1) is 17.5 Å². The van der Waals surface area contributed by atoms with E-state index in [2.05, 4.69) is 0 Å². The predicted molar refractivity (Wildman–Crippen MR) is 50.1 cm³/mol. The van der Waals surface area contributed by atoms with Crippen molar-refractivity contribution in [1.29, 1.82) is 0 Å². The van der Waals surface area contributed by atoms with E-state index in [0.29, 0.717) is 12.1 Å². The third-order valence-electron chi connectivity index (χ3n) is 2.03. The number of allylic oxidation sites excluding steroid dienone is 2. The van der Waals surface area contributed by atoms with Gasteiger partial charge in [0.05, 0.1) is 5.56 Å². The Hall–Kier alpha value is -1.58. The Kier molecular flexibility index (Phi) is 3.29. The Bertz CT molecular complexity index is 412. The number of Topliss-reactive ketones (excluding diaryl/α,β-unsaturated/α-hetero) is 1. The number of carbonyl (C=O) groups excluding carboxylic acids is 1. The maximum absolute atomic E-state index is 13.1. The highest BCUT2D eigenvalue weighted by atomic mass is 19.1. The molecule has 0 aliphatic carbocycles. The SMILES string of the molecule is C/C=C(\C)C(=O)c1c(F)cc(F)cc1F. The molecule has 0 aliphatic heterocycles. The summed E-state index contributed by atoms with van der Waals surface area (Å²) in [5, 5.41) is 0. The number of halogens is 3. The fourth-order valence-corrected chi connectivity index (χ4v) is 1.09. The van der Waals surface area contributed by atoms with Crippen molar-refractivity contribution in [1.82, 2.24) is 0 Å². The van der Waals surface area contributed by atoms with Crippen molar-refractivity contribution in [2.45, 2.75) is 13.8 Å². The number of hydrogen-bond acceptors (Lipinski definition) is 1. The summed E-state index contributed by atoms with van der Waals surface area (Å²) in [7, 11) is 0. The first-order chi connectivity index (χ1) is 6.97. The van der Waals surface area contributed by atoms with Gasteiger partial charge in [-0.1, -0.05) is 6.08 Å². The fraction of sp³-hybridized carbons (Fsp3) is 0.182. The average Bonchev–Trinajstić information content (AvgIpc) is 2.14. The third-order valence-corrected chi connectivity index (χ3v) is 2.03. The summed E-state index contributed by atoms with van der Waals surface area (Å²) in [4.78, 5) is 11.5. The van der Waals surface area contributed by atoms with Crippen LogP contribution in [-0.4, -0.2) is 5.78 Å². The second-order valence-corrected chi connectivity index (χ2v) is 3.05. The maximum atomic E-state index is 13.1. The van der Waals surface area contributed by atoms with E-state index in [-0.39, 0.29) is 5.57 Å². The standard InChI is InChI=1S/C11H9F3O/c1-3-6(2)11(15)10-8(13)4-7(12)5-9(10)14/h3-5H,1-2H3/b6-3+. The molecule has 0 N–H and O–H groups in total. The van der Waals surface area contributed by atoms with E-state index in [1.54, 1.807) is 6.92 Å². The van der Waals surface area contributed by atoms with Crippen molar-refractivity contribution >= 4 is 5.78 Å². The number of ketones is 1. The molecule has 0 heterocycles. The van der Waals surface area contributed by atoms with Crippen LogP contribution < -0.4 is 0 Å². The number of hydrogen-bond donors (Lipinski definition) is 0. The molecule has 0 saturated heterocycles. The molecule has 1 aromatic carbocycles. The van der Waals surface area contributed by atoms with E-state index < -0.39 is 28.8 Å². The monoisotopic (exact) mass is 214 g/mol. The van der Waals surface area contributed by atoms with E-state index in [1.165, 1.54) is 13.0 Å². The molecule has 0 aromatic heterocycles.